The van der Waals surface area contributed by atoms with Crippen molar-refractivity contribution < 1.29 is 9.53 Å². The fraction of sp³-hybridized carbons (Fsp3) is 0.767. The van der Waals surface area contributed by atoms with E-state index in [0.717, 1.165) is 38.3 Å². The number of alkyl carbamates (subject to hydrolysis) is 1. The van der Waals surface area contributed by atoms with Crippen molar-refractivity contribution in [3.05, 3.63) is 36.5 Å². The molecule has 208 valence electrons. The van der Waals surface area contributed by atoms with E-state index in [9.17, 15) is 4.79 Å². The Bertz CT molecular complexity index is 701. The highest BCUT2D eigenvalue weighted by molar-refractivity contribution is 5.67. The summed E-state index contributed by atoms with van der Waals surface area (Å²) in [5.74, 6) is 1.35. The summed E-state index contributed by atoms with van der Waals surface area (Å²) in [7, 11) is 1.59. The van der Waals surface area contributed by atoms with E-state index >= 15 is 0 Å². The fourth-order valence-corrected chi connectivity index (χ4v) is 5.60. The molecule has 1 rings (SSSR count). The topological polar surface area (TPSA) is 70.8 Å². The second-order valence-electron chi connectivity index (χ2n) is 10.7. The number of nitrogens with zero attached hydrogens (tertiary/aromatic N) is 2. The Hall–Kier alpha value is -1.63. The van der Waals surface area contributed by atoms with Gasteiger partial charge in [-0.25, -0.2) is 4.79 Å². The van der Waals surface area contributed by atoms with Crippen molar-refractivity contribution in [3.8, 4) is 0 Å². The summed E-state index contributed by atoms with van der Waals surface area (Å²) in [6.07, 6.45) is 15.9. The van der Waals surface area contributed by atoms with Crippen LogP contribution in [0.2, 0.25) is 0 Å². The minimum Gasteiger partial charge on any atom is -0.445 e. The molecular weight excluding hydrogens is 448 g/mol. The molecule has 3 N–H and O–H groups in total. The molecule has 1 heterocycles. The molecule has 1 aliphatic rings. The van der Waals surface area contributed by atoms with Gasteiger partial charge >= 0.3 is 6.09 Å². The Morgan fingerprint density at radius 1 is 1.17 bits per heavy atom. The van der Waals surface area contributed by atoms with Crippen LogP contribution >= 0.6 is 0 Å². The van der Waals surface area contributed by atoms with Crippen LogP contribution in [0.1, 0.15) is 74.1 Å². The first-order chi connectivity index (χ1) is 17.2. The molecule has 0 aromatic heterocycles. The highest BCUT2D eigenvalue weighted by atomic mass is 16.6. The van der Waals surface area contributed by atoms with Crippen LogP contribution in [0.15, 0.2) is 36.5 Å². The molecule has 6 nitrogen and oxygen atoms in total. The molecule has 0 aromatic carbocycles. The zero-order valence-corrected chi connectivity index (χ0v) is 24.5. The van der Waals surface area contributed by atoms with Crippen LogP contribution in [-0.2, 0) is 4.74 Å². The molecule has 0 saturated carbocycles. The number of nitrogens with two attached hydrogens (primary N) is 1. The molecule has 1 saturated heterocycles. The standard InChI is InChI=1S/C30H56N4O2/c1-9-13-14-15-17-28(30(31,12-4)26(7)36-29(35)32-8)24(5)18-20-33(19-11-3)21-27-22-34(23-27)25(6)16-10-2/h9-10,13-16,24-28H,11-12,17-23,31H2,1-8H3,(H,32,35)/b13-9-,15-14-,16-10-/t24?,25?,26?,28?,30-/m1/s1. The molecule has 0 aromatic rings. The van der Waals surface area contributed by atoms with Gasteiger partial charge in [0.15, 0.2) is 0 Å². The third-order valence-corrected chi connectivity index (χ3v) is 8.05. The van der Waals surface area contributed by atoms with Gasteiger partial charge in [0.2, 0.25) is 0 Å². The van der Waals surface area contributed by atoms with Crippen molar-refractivity contribution in [2.24, 2.45) is 23.5 Å². The summed E-state index contributed by atoms with van der Waals surface area (Å²) in [5, 5.41) is 2.57. The lowest BCUT2D eigenvalue weighted by atomic mass is 9.69. The Kier molecular flexibility index (Phi) is 15.3. The van der Waals surface area contributed by atoms with E-state index in [4.69, 9.17) is 10.5 Å². The van der Waals surface area contributed by atoms with E-state index < -0.39 is 11.6 Å². The lowest BCUT2D eigenvalue weighted by Gasteiger charge is -2.45. The smallest absolute Gasteiger partial charge is 0.407 e. The van der Waals surface area contributed by atoms with E-state index in [1.165, 1.54) is 26.1 Å². The SMILES string of the molecule is C/C=C\C=C/CC(C(C)CCN(CCC)CC1CN(C(C)/C=C\C)C1)[C@@](N)(CC)C(C)OC(=O)NC. The summed E-state index contributed by atoms with van der Waals surface area (Å²) >= 11 is 0. The number of nitrogens with one attached hydrogen (secondary N) is 1. The Morgan fingerprint density at radius 2 is 1.86 bits per heavy atom. The molecule has 6 heteroatoms. The molecular formula is C30H56N4O2. The summed E-state index contributed by atoms with van der Waals surface area (Å²) in [6, 6.07) is 0.535. The molecule has 0 radical (unpaired) electrons. The van der Waals surface area contributed by atoms with Gasteiger partial charge in [-0.15, -0.1) is 0 Å². The predicted molar refractivity (Wildman–Crippen MR) is 154 cm³/mol. The van der Waals surface area contributed by atoms with E-state index in [1.807, 2.05) is 19.9 Å². The zero-order chi connectivity index (χ0) is 27.1. The average Bonchev–Trinajstić information content (AvgIpc) is 2.83. The third kappa shape index (κ3) is 10.0. The maximum atomic E-state index is 12.0. The Labute approximate surface area is 222 Å². The zero-order valence-electron chi connectivity index (χ0n) is 24.5. The Balaban J connectivity index is 2.88. The van der Waals surface area contributed by atoms with Gasteiger partial charge < -0.3 is 20.7 Å². The molecule has 1 amide bonds. The molecule has 1 fully saturated rings. The maximum absolute atomic E-state index is 12.0. The van der Waals surface area contributed by atoms with Crippen LogP contribution in [0, 0.1) is 17.8 Å². The van der Waals surface area contributed by atoms with Crippen LogP contribution in [0.5, 0.6) is 0 Å². The molecule has 0 aliphatic carbocycles. The minimum absolute atomic E-state index is 0.202. The van der Waals surface area contributed by atoms with Gasteiger partial charge in [0.05, 0.1) is 5.54 Å². The van der Waals surface area contributed by atoms with Crippen LogP contribution in [0.3, 0.4) is 0 Å². The number of likely N-dealkylation sites (tertiary alicyclic amines) is 1. The second-order valence-corrected chi connectivity index (χ2v) is 10.7. The first kappa shape index (κ1) is 32.4. The largest absolute Gasteiger partial charge is 0.445 e. The first-order valence-corrected chi connectivity index (χ1v) is 14.2. The summed E-state index contributed by atoms with van der Waals surface area (Å²) in [5.41, 5.74) is 6.47. The highest BCUT2D eigenvalue weighted by Crippen LogP contribution is 2.35. The van der Waals surface area contributed by atoms with Crippen molar-refractivity contribution in [1.29, 1.82) is 0 Å². The number of ether oxygens (including phenoxy) is 1. The van der Waals surface area contributed by atoms with Gasteiger partial charge in [0.1, 0.15) is 6.10 Å². The van der Waals surface area contributed by atoms with E-state index in [2.05, 4.69) is 80.1 Å². The van der Waals surface area contributed by atoms with Crippen LogP contribution in [-0.4, -0.2) is 73.3 Å². The predicted octanol–water partition coefficient (Wildman–Crippen LogP) is 5.61. The van der Waals surface area contributed by atoms with Crippen LogP contribution in [0.25, 0.3) is 0 Å². The van der Waals surface area contributed by atoms with Gasteiger partial charge in [-0.05, 0) is 84.2 Å². The number of hydrogen-bond donors (Lipinski definition) is 2. The third-order valence-electron chi connectivity index (χ3n) is 8.05. The number of rotatable bonds is 17. The summed E-state index contributed by atoms with van der Waals surface area (Å²) in [6.45, 7) is 20.8. The van der Waals surface area contributed by atoms with Gasteiger partial charge in [0.25, 0.3) is 0 Å². The molecule has 5 atom stereocenters. The summed E-state index contributed by atoms with van der Waals surface area (Å²) in [4.78, 5) is 17.2. The quantitative estimate of drug-likeness (QED) is 0.199. The summed E-state index contributed by atoms with van der Waals surface area (Å²) < 4.78 is 5.67. The molecule has 1 aliphatic heterocycles. The highest BCUT2D eigenvalue weighted by Gasteiger charge is 2.42. The number of amides is 1. The normalized spacial score (nSPS) is 20.5. The number of allylic oxidation sites excluding steroid dienone is 5. The van der Waals surface area contributed by atoms with E-state index in [0.29, 0.717) is 12.0 Å². The molecule has 4 unspecified atom stereocenters. The number of carbonyl (C=O) groups is 1. The minimum atomic E-state index is -0.598. The van der Waals surface area contributed by atoms with E-state index in [1.54, 1.807) is 7.05 Å². The van der Waals surface area contributed by atoms with Crippen LogP contribution in [0.4, 0.5) is 4.79 Å². The molecule has 36 heavy (non-hydrogen) atoms. The van der Waals surface area contributed by atoms with Crippen molar-refractivity contribution in [2.75, 3.05) is 39.8 Å². The van der Waals surface area contributed by atoms with Crippen molar-refractivity contribution >= 4 is 6.09 Å². The average molecular weight is 505 g/mol. The lowest BCUT2D eigenvalue weighted by molar-refractivity contribution is 0.0130. The van der Waals surface area contributed by atoms with Gasteiger partial charge in [-0.2, -0.15) is 0 Å². The van der Waals surface area contributed by atoms with Crippen LogP contribution < -0.4 is 11.1 Å². The van der Waals surface area contributed by atoms with Crippen molar-refractivity contribution in [2.45, 2.75) is 91.8 Å². The molecule has 0 bridgehead atoms. The van der Waals surface area contributed by atoms with Gasteiger partial charge in [0, 0.05) is 32.7 Å². The maximum Gasteiger partial charge on any atom is 0.407 e. The molecule has 0 spiro atoms. The van der Waals surface area contributed by atoms with Gasteiger partial charge in [-0.1, -0.05) is 57.2 Å². The van der Waals surface area contributed by atoms with Gasteiger partial charge in [-0.3, -0.25) is 4.90 Å². The van der Waals surface area contributed by atoms with Crippen molar-refractivity contribution in [1.82, 2.24) is 15.1 Å². The number of carbonyl (C=O) groups excluding carboxylic acids is 1. The van der Waals surface area contributed by atoms with Crippen molar-refractivity contribution in [3.63, 3.8) is 0 Å². The monoisotopic (exact) mass is 504 g/mol. The lowest BCUT2D eigenvalue weighted by Crippen LogP contribution is -2.58. The number of hydrogen-bond acceptors (Lipinski definition) is 5. The first-order valence-electron chi connectivity index (χ1n) is 14.2. The van der Waals surface area contributed by atoms with E-state index in [-0.39, 0.29) is 12.0 Å². The Morgan fingerprint density at radius 3 is 2.42 bits per heavy atom. The fourth-order valence-electron chi connectivity index (χ4n) is 5.60. The second kappa shape index (κ2) is 17.0.